The molecule has 6 nitrogen and oxygen atoms in total. The highest BCUT2D eigenvalue weighted by molar-refractivity contribution is 6.17. The number of aromatic nitrogens is 2. The second-order valence-electron chi connectivity index (χ2n) is 9.39. The Hall–Kier alpha value is -4.03. The Morgan fingerprint density at radius 3 is 2.39 bits per heavy atom. The van der Waals surface area contributed by atoms with Gasteiger partial charge in [0.05, 0.1) is 12.2 Å². The Bertz CT molecular complexity index is 1430. The zero-order valence-corrected chi connectivity index (χ0v) is 21.0. The molecular formula is C30H30N2O4. The SMILES string of the molecule is Cc1ccc(C(=O)c2c(C)n(CC=Cc3ccc(COC(C)(C)C(=O)O)cc3)c3ncccc23)cc1. The van der Waals surface area contributed by atoms with Crippen LogP contribution in [0.3, 0.4) is 0 Å². The number of carboxylic acid groups (broad SMARTS) is 1. The number of aliphatic carboxylic acids is 1. The number of allylic oxidation sites excluding steroid dienone is 1. The maximum Gasteiger partial charge on any atom is 0.335 e. The summed E-state index contributed by atoms with van der Waals surface area (Å²) >= 11 is 0. The summed E-state index contributed by atoms with van der Waals surface area (Å²) in [5.41, 5.74) is 4.80. The van der Waals surface area contributed by atoms with E-state index in [9.17, 15) is 14.7 Å². The molecule has 0 saturated carbocycles. The van der Waals surface area contributed by atoms with Crippen LogP contribution < -0.4 is 0 Å². The summed E-state index contributed by atoms with van der Waals surface area (Å²) in [6.45, 7) is 7.83. The molecule has 4 rings (SSSR count). The number of hydrogen-bond acceptors (Lipinski definition) is 4. The van der Waals surface area contributed by atoms with Crippen molar-refractivity contribution in [1.82, 2.24) is 9.55 Å². The van der Waals surface area contributed by atoms with Gasteiger partial charge >= 0.3 is 5.97 Å². The van der Waals surface area contributed by atoms with Crippen LogP contribution >= 0.6 is 0 Å². The van der Waals surface area contributed by atoms with Crippen LogP contribution in [-0.4, -0.2) is 32.0 Å². The highest BCUT2D eigenvalue weighted by Crippen LogP contribution is 2.27. The first-order valence-corrected chi connectivity index (χ1v) is 11.9. The molecule has 184 valence electrons. The van der Waals surface area contributed by atoms with E-state index < -0.39 is 11.6 Å². The largest absolute Gasteiger partial charge is 0.479 e. The molecule has 1 N–H and O–H groups in total. The summed E-state index contributed by atoms with van der Waals surface area (Å²) in [6, 6.07) is 19.2. The number of aryl methyl sites for hydroxylation is 1. The predicted octanol–water partition coefficient (Wildman–Crippen LogP) is 5.98. The number of nitrogens with zero attached hydrogens (tertiary/aromatic N) is 2. The third kappa shape index (κ3) is 5.29. The lowest BCUT2D eigenvalue weighted by molar-refractivity contribution is -0.162. The van der Waals surface area contributed by atoms with Gasteiger partial charge in [0.2, 0.25) is 0 Å². The van der Waals surface area contributed by atoms with Gasteiger partial charge < -0.3 is 14.4 Å². The molecule has 0 bridgehead atoms. The third-order valence-corrected chi connectivity index (χ3v) is 6.31. The highest BCUT2D eigenvalue weighted by atomic mass is 16.5. The molecule has 0 radical (unpaired) electrons. The molecule has 0 unspecified atom stereocenters. The zero-order chi connectivity index (χ0) is 25.9. The average Bonchev–Trinajstić information content (AvgIpc) is 3.14. The van der Waals surface area contributed by atoms with Crippen LogP contribution in [0.15, 0.2) is 72.9 Å². The van der Waals surface area contributed by atoms with Gasteiger partial charge in [0.1, 0.15) is 5.65 Å². The van der Waals surface area contributed by atoms with Gasteiger partial charge in [-0.05, 0) is 51.0 Å². The molecule has 2 aromatic carbocycles. The average molecular weight is 483 g/mol. The Labute approximate surface area is 210 Å². The summed E-state index contributed by atoms with van der Waals surface area (Å²) in [5.74, 6) is -0.995. The number of ether oxygens (including phenoxy) is 1. The van der Waals surface area contributed by atoms with Gasteiger partial charge in [-0.25, -0.2) is 9.78 Å². The normalized spacial score (nSPS) is 11.9. The minimum atomic E-state index is -1.23. The van der Waals surface area contributed by atoms with E-state index in [2.05, 4.69) is 9.55 Å². The first-order chi connectivity index (χ1) is 17.2. The van der Waals surface area contributed by atoms with Gasteiger partial charge in [0, 0.05) is 29.4 Å². The molecule has 0 spiro atoms. The van der Waals surface area contributed by atoms with Crippen molar-refractivity contribution in [3.63, 3.8) is 0 Å². The van der Waals surface area contributed by atoms with Crippen LogP contribution in [0.25, 0.3) is 17.1 Å². The summed E-state index contributed by atoms with van der Waals surface area (Å²) in [4.78, 5) is 29.1. The van der Waals surface area contributed by atoms with Gasteiger partial charge in [0.15, 0.2) is 11.4 Å². The fourth-order valence-electron chi connectivity index (χ4n) is 4.00. The predicted molar refractivity (Wildman–Crippen MR) is 141 cm³/mol. The van der Waals surface area contributed by atoms with Crippen LogP contribution in [0.2, 0.25) is 0 Å². The summed E-state index contributed by atoms with van der Waals surface area (Å²) in [6.07, 6.45) is 5.80. The van der Waals surface area contributed by atoms with Crippen LogP contribution in [0.4, 0.5) is 0 Å². The number of fused-ring (bicyclic) bond motifs is 1. The number of carboxylic acids is 1. The molecule has 0 saturated heterocycles. The lowest BCUT2D eigenvalue weighted by Gasteiger charge is -2.20. The topological polar surface area (TPSA) is 81.4 Å². The van der Waals surface area contributed by atoms with Crippen molar-refractivity contribution >= 4 is 28.9 Å². The van der Waals surface area contributed by atoms with E-state index in [-0.39, 0.29) is 12.4 Å². The van der Waals surface area contributed by atoms with E-state index in [1.807, 2.05) is 86.7 Å². The van der Waals surface area contributed by atoms with Crippen molar-refractivity contribution in [3.8, 4) is 0 Å². The van der Waals surface area contributed by atoms with Gasteiger partial charge in [-0.3, -0.25) is 4.79 Å². The van der Waals surface area contributed by atoms with Crippen molar-refractivity contribution < 1.29 is 19.4 Å². The Morgan fingerprint density at radius 2 is 1.72 bits per heavy atom. The fourth-order valence-corrected chi connectivity index (χ4v) is 4.00. The van der Waals surface area contributed by atoms with E-state index in [4.69, 9.17) is 4.74 Å². The van der Waals surface area contributed by atoms with E-state index >= 15 is 0 Å². The number of carbonyl (C=O) groups is 2. The molecule has 0 aliphatic heterocycles. The molecule has 2 heterocycles. The monoisotopic (exact) mass is 482 g/mol. The van der Waals surface area contributed by atoms with E-state index in [0.717, 1.165) is 33.4 Å². The molecule has 4 aromatic rings. The van der Waals surface area contributed by atoms with Crippen molar-refractivity contribution in [3.05, 3.63) is 106 Å². The van der Waals surface area contributed by atoms with Crippen molar-refractivity contribution in [1.29, 1.82) is 0 Å². The number of rotatable bonds is 9. The number of benzene rings is 2. The van der Waals surface area contributed by atoms with Crippen molar-refractivity contribution in [2.45, 2.75) is 46.4 Å². The van der Waals surface area contributed by atoms with E-state index in [1.54, 1.807) is 6.20 Å². The minimum absolute atomic E-state index is 0.00267. The molecule has 0 aliphatic rings. The van der Waals surface area contributed by atoms with Gasteiger partial charge in [0.25, 0.3) is 0 Å². The molecule has 0 fully saturated rings. The fraction of sp³-hybridized carbons (Fsp3) is 0.233. The zero-order valence-electron chi connectivity index (χ0n) is 21.0. The third-order valence-electron chi connectivity index (χ3n) is 6.31. The Balaban J connectivity index is 1.52. The number of carbonyl (C=O) groups excluding carboxylic acids is 1. The van der Waals surface area contributed by atoms with Gasteiger partial charge in [-0.1, -0.05) is 66.2 Å². The van der Waals surface area contributed by atoms with E-state index in [0.29, 0.717) is 17.7 Å². The van der Waals surface area contributed by atoms with Crippen molar-refractivity contribution in [2.24, 2.45) is 0 Å². The molecule has 6 heteroatoms. The van der Waals surface area contributed by atoms with Crippen LogP contribution in [0, 0.1) is 13.8 Å². The lowest BCUT2D eigenvalue weighted by atomic mass is 10.0. The van der Waals surface area contributed by atoms with Crippen LogP contribution in [-0.2, 0) is 22.7 Å². The van der Waals surface area contributed by atoms with E-state index in [1.165, 1.54) is 13.8 Å². The number of hydrogen-bond donors (Lipinski definition) is 1. The second-order valence-corrected chi connectivity index (χ2v) is 9.39. The minimum Gasteiger partial charge on any atom is -0.479 e. The smallest absolute Gasteiger partial charge is 0.335 e. The molecule has 0 amide bonds. The number of ketones is 1. The van der Waals surface area contributed by atoms with Gasteiger partial charge in [-0.2, -0.15) is 0 Å². The first kappa shape index (κ1) is 25.1. The summed E-state index contributed by atoms with van der Waals surface area (Å²) in [5, 5.41) is 10.0. The Kier molecular flexibility index (Phi) is 7.17. The van der Waals surface area contributed by atoms with Crippen molar-refractivity contribution in [2.75, 3.05) is 0 Å². The molecule has 36 heavy (non-hydrogen) atoms. The lowest BCUT2D eigenvalue weighted by Crippen LogP contribution is -2.34. The molecule has 2 aromatic heterocycles. The quantitative estimate of drug-likeness (QED) is 0.297. The summed E-state index contributed by atoms with van der Waals surface area (Å²) in [7, 11) is 0. The Morgan fingerprint density at radius 1 is 1.03 bits per heavy atom. The maximum atomic E-state index is 13.4. The van der Waals surface area contributed by atoms with Gasteiger partial charge in [-0.15, -0.1) is 0 Å². The molecule has 0 aliphatic carbocycles. The molecule has 0 atom stereocenters. The standard InChI is InChI=1S/C30H30N2O4/c1-20-9-15-24(16-10-20)27(33)26-21(2)32(28-25(26)8-5-17-31-28)18-6-7-22-11-13-23(14-12-22)19-36-30(3,4)29(34)35/h5-17H,18-19H2,1-4H3,(H,34,35). The highest BCUT2D eigenvalue weighted by Gasteiger charge is 2.27. The van der Waals surface area contributed by atoms with Crippen LogP contribution in [0.1, 0.15) is 52.2 Å². The summed E-state index contributed by atoms with van der Waals surface area (Å²) < 4.78 is 7.57. The second kappa shape index (κ2) is 10.3. The van der Waals surface area contributed by atoms with Crippen LogP contribution in [0.5, 0.6) is 0 Å². The first-order valence-electron chi connectivity index (χ1n) is 11.9. The molecular weight excluding hydrogens is 452 g/mol. The number of pyridine rings is 1. The maximum absolute atomic E-state index is 13.4.